The Labute approximate surface area is 86.2 Å². The van der Waals surface area contributed by atoms with Crippen LogP contribution in [0.2, 0.25) is 0 Å². The Morgan fingerprint density at radius 2 is 1.80 bits per heavy atom. The maximum atomic E-state index is 11.1. The van der Waals surface area contributed by atoms with Crippen molar-refractivity contribution in [3.8, 4) is 0 Å². The van der Waals surface area contributed by atoms with Crippen LogP contribution >= 0.6 is 0 Å². The van der Waals surface area contributed by atoms with E-state index in [9.17, 15) is 14.7 Å². The number of methoxy groups -OCH3 is 2. The lowest BCUT2D eigenvalue weighted by atomic mass is 10.0. The lowest BCUT2D eigenvalue weighted by molar-refractivity contribution is -0.166. The van der Waals surface area contributed by atoms with Crippen LogP contribution in [0.4, 0.5) is 0 Å². The van der Waals surface area contributed by atoms with E-state index in [1.165, 1.54) is 0 Å². The van der Waals surface area contributed by atoms with Crippen molar-refractivity contribution in [2.24, 2.45) is 0 Å². The molecule has 0 aromatic rings. The molecule has 3 atom stereocenters. The van der Waals surface area contributed by atoms with Crippen molar-refractivity contribution in [2.75, 3.05) is 20.8 Å². The molecule has 0 amide bonds. The van der Waals surface area contributed by atoms with Crippen LogP contribution < -0.4 is 0 Å². The molecule has 0 fully saturated rings. The molecule has 0 heterocycles. The molecule has 0 spiro atoms. The summed E-state index contributed by atoms with van der Waals surface area (Å²) >= 11 is 0. The van der Waals surface area contributed by atoms with Crippen LogP contribution in [0.5, 0.6) is 0 Å². The van der Waals surface area contributed by atoms with Gasteiger partial charge in [-0.1, -0.05) is 0 Å². The molecule has 7 nitrogen and oxygen atoms in total. The number of carbonyl (C=O) groups excluding carboxylic acids is 1. The molecule has 0 aliphatic carbocycles. The Kier molecular flexibility index (Phi) is 6.02. The summed E-state index contributed by atoms with van der Waals surface area (Å²) < 4.78 is 9.33. The Hall–Kier alpha value is -1.02. The molecule has 0 aromatic heterocycles. The molecule has 0 unspecified atom stereocenters. The highest BCUT2D eigenvalue weighted by Gasteiger charge is 2.37. The fourth-order valence-electron chi connectivity index (χ4n) is 1.10. The molecule has 0 bridgehead atoms. The Bertz CT molecular complexity index is 227. The third-order valence-electron chi connectivity index (χ3n) is 1.86. The molecule has 88 valence electrons. The van der Waals surface area contributed by atoms with E-state index in [1.807, 2.05) is 0 Å². The Morgan fingerprint density at radius 1 is 1.27 bits per heavy atom. The summed E-state index contributed by atoms with van der Waals surface area (Å²) in [7, 11) is 2.28. The maximum absolute atomic E-state index is 11.1. The zero-order valence-electron chi connectivity index (χ0n) is 8.41. The first kappa shape index (κ1) is 14.0. The van der Waals surface area contributed by atoms with Gasteiger partial charge in [-0.3, -0.25) is 4.79 Å². The van der Waals surface area contributed by atoms with Gasteiger partial charge in [0.05, 0.1) is 0 Å². The van der Waals surface area contributed by atoms with Gasteiger partial charge in [0.25, 0.3) is 0 Å². The van der Waals surface area contributed by atoms with E-state index >= 15 is 0 Å². The molecule has 0 aliphatic heterocycles. The predicted molar refractivity (Wildman–Crippen MR) is 47.3 cm³/mol. The average molecular weight is 222 g/mol. The molecular formula is C8H14O7. The number of hydrogen-bond donors (Lipinski definition) is 3. The molecule has 0 rings (SSSR count). The van der Waals surface area contributed by atoms with E-state index in [0.717, 1.165) is 14.2 Å². The number of carbonyl (C=O) groups is 2. The quantitative estimate of drug-likeness (QED) is 0.457. The smallest absolute Gasteiger partial charge is 0.335 e. The number of rotatable bonds is 7. The fourth-order valence-corrected chi connectivity index (χ4v) is 1.10. The molecule has 0 radical (unpaired) electrons. The summed E-state index contributed by atoms with van der Waals surface area (Å²) in [5.74, 6) is -2.29. The van der Waals surface area contributed by atoms with E-state index in [-0.39, 0.29) is 0 Å². The summed E-state index contributed by atoms with van der Waals surface area (Å²) in [6, 6.07) is 0. The first-order chi connectivity index (χ1) is 6.99. The number of Topliss-reactive ketones (excluding diaryl/α,β-unsaturated/α-hetero) is 1. The molecule has 7 heteroatoms. The van der Waals surface area contributed by atoms with Crippen molar-refractivity contribution in [1.82, 2.24) is 0 Å². The summed E-state index contributed by atoms with van der Waals surface area (Å²) in [5, 5.41) is 26.3. The van der Waals surface area contributed by atoms with Crippen LogP contribution in [0.1, 0.15) is 0 Å². The zero-order valence-corrected chi connectivity index (χ0v) is 8.41. The van der Waals surface area contributed by atoms with Gasteiger partial charge in [-0.25, -0.2) is 4.79 Å². The molecule has 0 saturated heterocycles. The molecule has 3 N–H and O–H groups in total. The first-order valence-electron chi connectivity index (χ1n) is 4.09. The van der Waals surface area contributed by atoms with Crippen molar-refractivity contribution in [3.63, 3.8) is 0 Å². The SMILES string of the molecule is CO[C@@H]([C@H](O)C(=O)O)[C@H](OC)C(=O)CO. The number of aliphatic hydroxyl groups excluding tert-OH is 2. The second-order valence-electron chi connectivity index (χ2n) is 2.76. The second-order valence-corrected chi connectivity index (χ2v) is 2.76. The van der Waals surface area contributed by atoms with Gasteiger partial charge in [0.1, 0.15) is 18.8 Å². The van der Waals surface area contributed by atoms with Crippen LogP contribution in [0.25, 0.3) is 0 Å². The summed E-state index contributed by atoms with van der Waals surface area (Å²) in [5.41, 5.74) is 0. The van der Waals surface area contributed by atoms with Gasteiger partial charge in [-0.05, 0) is 0 Å². The number of carboxylic acids is 1. The van der Waals surface area contributed by atoms with E-state index in [0.29, 0.717) is 0 Å². The van der Waals surface area contributed by atoms with E-state index in [1.54, 1.807) is 0 Å². The summed E-state index contributed by atoms with van der Waals surface area (Å²) in [4.78, 5) is 21.6. The van der Waals surface area contributed by atoms with Gasteiger partial charge >= 0.3 is 5.97 Å². The van der Waals surface area contributed by atoms with Crippen LogP contribution in [0.3, 0.4) is 0 Å². The highest BCUT2D eigenvalue weighted by atomic mass is 16.5. The van der Waals surface area contributed by atoms with Crippen molar-refractivity contribution in [1.29, 1.82) is 0 Å². The normalized spacial score (nSPS) is 16.8. The van der Waals surface area contributed by atoms with E-state index in [4.69, 9.17) is 10.2 Å². The average Bonchev–Trinajstić information content (AvgIpc) is 2.23. The van der Waals surface area contributed by atoms with Gasteiger partial charge in [0.2, 0.25) is 0 Å². The minimum atomic E-state index is -1.89. The van der Waals surface area contributed by atoms with Crippen LogP contribution in [0, 0.1) is 0 Å². The Morgan fingerprint density at radius 3 is 2.07 bits per heavy atom. The number of hydrogen-bond acceptors (Lipinski definition) is 6. The van der Waals surface area contributed by atoms with Crippen LogP contribution in [-0.2, 0) is 19.1 Å². The summed E-state index contributed by atoms with van der Waals surface area (Å²) in [6.07, 6.45) is -4.56. The third kappa shape index (κ3) is 3.56. The highest BCUT2D eigenvalue weighted by molar-refractivity contribution is 5.86. The van der Waals surface area contributed by atoms with Gasteiger partial charge in [-0.15, -0.1) is 0 Å². The molecule has 0 aliphatic rings. The van der Waals surface area contributed by atoms with Crippen LogP contribution in [0.15, 0.2) is 0 Å². The van der Waals surface area contributed by atoms with Crippen molar-refractivity contribution >= 4 is 11.8 Å². The van der Waals surface area contributed by atoms with E-state index in [2.05, 4.69) is 9.47 Å². The largest absolute Gasteiger partial charge is 0.479 e. The standard InChI is InChI=1S/C8H14O7/c1-14-6(4(10)3-9)7(15-2)5(11)8(12)13/h5-7,9,11H,3H2,1-2H3,(H,12,13)/t5-,6+,7-/m0/s1. The lowest BCUT2D eigenvalue weighted by Crippen LogP contribution is -2.48. The fraction of sp³-hybridized carbons (Fsp3) is 0.750. The monoisotopic (exact) mass is 222 g/mol. The van der Waals surface area contributed by atoms with Crippen molar-refractivity contribution in [2.45, 2.75) is 18.3 Å². The van der Waals surface area contributed by atoms with Gasteiger partial charge in [-0.2, -0.15) is 0 Å². The van der Waals surface area contributed by atoms with Crippen molar-refractivity contribution < 1.29 is 34.4 Å². The zero-order chi connectivity index (χ0) is 12.0. The number of aliphatic carboxylic acids is 1. The second kappa shape index (κ2) is 6.46. The highest BCUT2D eigenvalue weighted by Crippen LogP contribution is 2.09. The van der Waals surface area contributed by atoms with Gasteiger partial charge < -0.3 is 24.8 Å². The Balaban J connectivity index is 4.75. The molecular weight excluding hydrogens is 208 g/mol. The minimum absolute atomic E-state index is 0.760. The lowest BCUT2D eigenvalue weighted by Gasteiger charge is -2.25. The molecule has 0 aromatic carbocycles. The summed E-state index contributed by atoms with van der Waals surface area (Å²) in [6.45, 7) is -0.815. The third-order valence-corrected chi connectivity index (χ3v) is 1.86. The topological polar surface area (TPSA) is 113 Å². The minimum Gasteiger partial charge on any atom is -0.479 e. The number of carboxylic acid groups (broad SMARTS) is 1. The number of ether oxygens (including phenoxy) is 2. The maximum Gasteiger partial charge on any atom is 0.335 e. The van der Waals surface area contributed by atoms with Gasteiger partial charge in [0.15, 0.2) is 11.9 Å². The van der Waals surface area contributed by atoms with Crippen LogP contribution in [-0.4, -0.2) is 66.2 Å². The molecule has 15 heavy (non-hydrogen) atoms. The predicted octanol–water partition coefficient (Wildman–Crippen LogP) is -1.98. The van der Waals surface area contributed by atoms with Gasteiger partial charge in [0, 0.05) is 14.2 Å². The first-order valence-corrected chi connectivity index (χ1v) is 4.09. The van der Waals surface area contributed by atoms with Crippen molar-refractivity contribution in [3.05, 3.63) is 0 Å². The number of aliphatic hydroxyl groups is 2. The number of ketones is 1. The van der Waals surface area contributed by atoms with E-state index < -0.39 is 36.7 Å². The molecule has 0 saturated carbocycles.